The lowest BCUT2D eigenvalue weighted by molar-refractivity contribution is -0.154. The average molecular weight is 286 g/mol. The first-order valence-corrected chi connectivity index (χ1v) is 7.02. The monoisotopic (exact) mass is 286 g/mol. The van der Waals surface area contributed by atoms with Gasteiger partial charge in [0.2, 0.25) is 5.91 Å². The highest BCUT2D eigenvalue weighted by molar-refractivity contribution is 5.79. The summed E-state index contributed by atoms with van der Waals surface area (Å²) in [5.41, 5.74) is -0.889. The maximum Gasteiger partial charge on any atom is 0.311 e. The molecule has 0 saturated carbocycles. The number of ether oxygens (including phenoxy) is 2. The summed E-state index contributed by atoms with van der Waals surface area (Å²) in [7, 11) is 0. The number of carboxylic acids is 1. The molecule has 7 heteroatoms. The Hall–Kier alpha value is -1.18. The summed E-state index contributed by atoms with van der Waals surface area (Å²) in [4.78, 5) is 23.3. The second kappa shape index (κ2) is 7.01. The second-order valence-corrected chi connectivity index (χ2v) is 5.38. The van der Waals surface area contributed by atoms with Crippen molar-refractivity contribution in [2.75, 3.05) is 39.5 Å². The predicted molar refractivity (Wildman–Crippen MR) is 70.4 cm³/mol. The number of morpholine rings is 1. The first-order valence-electron chi connectivity index (χ1n) is 7.02. The molecule has 3 N–H and O–H groups in total. The largest absolute Gasteiger partial charge is 0.481 e. The Labute approximate surface area is 118 Å². The fourth-order valence-electron chi connectivity index (χ4n) is 2.53. The van der Waals surface area contributed by atoms with E-state index in [4.69, 9.17) is 9.47 Å². The molecule has 0 bridgehead atoms. The van der Waals surface area contributed by atoms with Gasteiger partial charge in [-0.3, -0.25) is 9.59 Å². The van der Waals surface area contributed by atoms with E-state index in [0.717, 1.165) is 6.54 Å². The number of carbonyl (C=O) groups is 2. The van der Waals surface area contributed by atoms with Crippen molar-refractivity contribution in [3.63, 3.8) is 0 Å². The van der Waals surface area contributed by atoms with Gasteiger partial charge in [-0.15, -0.1) is 0 Å². The van der Waals surface area contributed by atoms with Crippen molar-refractivity contribution in [1.29, 1.82) is 0 Å². The van der Waals surface area contributed by atoms with Crippen molar-refractivity contribution in [3.05, 3.63) is 0 Å². The zero-order valence-electron chi connectivity index (χ0n) is 11.5. The Morgan fingerprint density at radius 2 is 2.05 bits per heavy atom. The number of carbonyl (C=O) groups excluding carboxylic acids is 1. The van der Waals surface area contributed by atoms with Crippen LogP contribution in [0.3, 0.4) is 0 Å². The fourth-order valence-corrected chi connectivity index (χ4v) is 2.53. The Bertz CT molecular complexity index is 349. The van der Waals surface area contributed by atoms with E-state index in [0.29, 0.717) is 39.2 Å². The molecular weight excluding hydrogens is 264 g/mol. The SMILES string of the molecule is O=C(CC1CNCCO1)NCC1(C(=O)O)CCOCC1. The van der Waals surface area contributed by atoms with E-state index < -0.39 is 11.4 Å². The maximum atomic E-state index is 11.9. The van der Waals surface area contributed by atoms with Crippen molar-refractivity contribution in [2.45, 2.75) is 25.4 Å². The summed E-state index contributed by atoms with van der Waals surface area (Å²) in [5, 5.41) is 15.3. The van der Waals surface area contributed by atoms with Crippen LogP contribution in [0.5, 0.6) is 0 Å². The molecule has 0 spiro atoms. The third kappa shape index (κ3) is 3.91. The quantitative estimate of drug-likeness (QED) is 0.622. The van der Waals surface area contributed by atoms with Crippen LogP contribution in [0, 0.1) is 5.41 Å². The van der Waals surface area contributed by atoms with Gasteiger partial charge in [0.25, 0.3) is 0 Å². The average Bonchev–Trinajstić information content (AvgIpc) is 2.47. The number of aliphatic carboxylic acids is 1. The van der Waals surface area contributed by atoms with Crippen molar-refractivity contribution >= 4 is 11.9 Å². The minimum atomic E-state index is -0.889. The summed E-state index contributed by atoms with van der Waals surface area (Å²) in [6.07, 6.45) is 1.01. The number of nitrogens with one attached hydrogen (secondary N) is 2. The molecule has 7 nitrogen and oxygen atoms in total. The normalized spacial score (nSPS) is 25.9. The van der Waals surface area contributed by atoms with Gasteiger partial charge in [-0.25, -0.2) is 0 Å². The molecule has 1 atom stereocenters. The van der Waals surface area contributed by atoms with E-state index in [-0.39, 0.29) is 25.0 Å². The molecule has 1 amide bonds. The van der Waals surface area contributed by atoms with Crippen LogP contribution in [0.2, 0.25) is 0 Å². The molecule has 0 aromatic rings. The van der Waals surface area contributed by atoms with Crippen LogP contribution in [0.4, 0.5) is 0 Å². The van der Waals surface area contributed by atoms with Crippen LogP contribution < -0.4 is 10.6 Å². The van der Waals surface area contributed by atoms with Gasteiger partial charge in [0.15, 0.2) is 0 Å². The van der Waals surface area contributed by atoms with Gasteiger partial charge in [0, 0.05) is 32.8 Å². The van der Waals surface area contributed by atoms with Crippen molar-refractivity contribution in [2.24, 2.45) is 5.41 Å². The van der Waals surface area contributed by atoms with E-state index in [9.17, 15) is 14.7 Å². The molecule has 0 radical (unpaired) electrons. The molecule has 1 unspecified atom stereocenters. The van der Waals surface area contributed by atoms with Gasteiger partial charge < -0.3 is 25.2 Å². The lowest BCUT2D eigenvalue weighted by Crippen LogP contribution is -2.48. The second-order valence-electron chi connectivity index (χ2n) is 5.38. The van der Waals surface area contributed by atoms with Gasteiger partial charge in [0.05, 0.1) is 24.5 Å². The maximum absolute atomic E-state index is 11.9. The minimum Gasteiger partial charge on any atom is -0.481 e. The summed E-state index contributed by atoms with van der Waals surface area (Å²) in [6, 6.07) is 0. The Morgan fingerprint density at radius 3 is 2.65 bits per heavy atom. The summed E-state index contributed by atoms with van der Waals surface area (Å²) in [5.74, 6) is -1.03. The molecule has 0 aliphatic carbocycles. The third-order valence-corrected chi connectivity index (χ3v) is 3.94. The van der Waals surface area contributed by atoms with E-state index in [1.807, 2.05) is 0 Å². The van der Waals surface area contributed by atoms with Crippen molar-refractivity contribution in [1.82, 2.24) is 10.6 Å². The highest BCUT2D eigenvalue weighted by atomic mass is 16.5. The van der Waals surface area contributed by atoms with E-state index in [1.54, 1.807) is 0 Å². The highest BCUT2D eigenvalue weighted by Crippen LogP contribution is 2.30. The molecule has 2 saturated heterocycles. The highest BCUT2D eigenvalue weighted by Gasteiger charge is 2.40. The molecule has 2 heterocycles. The molecular formula is C13H22N2O5. The van der Waals surface area contributed by atoms with Crippen molar-refractivity contribution in [3.8, 4) is 0 Å². The van der Waals surface area contributed by atoms with Crippen LogP contribution >= 0.6 is 0 Å². The number of amides is 1. The smallest absolute Gasteiger partial charge is 0.311 e. The zero-order chi connectivity index (χ0) is 14.4. The Balaban J connectivity index is 1.79. The number of rotatable bonds is 5. The molecule has 2 aliphatic heterocycles. The molecule has 114 valence electrons. The lowest BCUT2D eigenvalue weighted by atomic mass is 9.80. The van der Waals surface area contributed by atoms with Gasteiger partial charge >= 0.3 is 5.97 Å². The van der Waals surface area contributed by atoms with Gasteiger partial charge in [-0.05, 0) is 12.8 Å². The topological polar surface area (TPSA) is 96.9 Å². The van der Waals surface area contributed by atoms with E-state index in [1.165, 1.54) is 0 Å². The first-order chi connectivity index (χ1) is 9.62. The number of hydrogen-bond donors (Lipinski definition) is 3. The van der Waals surface area contributed by atoms with Gasteiger partial charge in [-0.1, -0.05) is 0 Å². The fraction of sp³-hybridized carbons (Fsp3) is 0.846. The first kappa shape index (κ1) is 15.2. The molecule has 20 heavy (non-hydrogen) atoms. The molecule has 2 aliphatic rings. The van der Waals surface area contributed by atoms with Gasteiger partial charge in [0.1, 0.15) is 0 Å². The van der Waals surface area contributed by atoms with Crippen LogP contribution in [0.25, 0.3) is 0 Å². The summed E-state index contributed by atoms with van der Waals surface area (Å²) >= 11 is 0. The molecule has 2 rings (SSSR count). The van der Waals surface area contributed by atoms with Crippen LogP contribution in [0.1, 0.15) is 19.3 Å². The number of carboxylic acid groups (broad SMARTS) is 1. The number of hydrogen-bond acceptors (Lipinski definition) is 5. The zero-order valence-corrected chi connectivity index (χ0v) is 11.5. The third-order valence-electron chi connectivity index (χ3n) is 3.94. The van der Waals surface area contributed by atoms with Gasteiger partial charge in [-0.2, -0.15) is 0 Å². The van der Waals surface area contributed by atoms with E-state index >= 15 is 0 Å². The summed E-state index contributed by atoms with van der Waals surface area (Å²) < 4.78 is 10.7. The predicted octanol–water partition coefficient (Wildman–Crippen LogP) is -0.637. The van der Waals surface area contributed by atoms with Crippen LogP contribution in [-0.4, -0.2) is 62.5 Å². The molecule has 0 aromatic carbocycles. The van der Waals surface area contributed by atoms with Crippen molar-refractivity contribution < 1.29 is 24.2 Å². The Kier molecular flexibility index (Phi) is 5.33. The molecule has 0 aromatic heterocycles. The standard InChI is InChI=1S/C13H22N2O5/c16-11(7-10-8-14-3-6-20-10)15-9-13(12(17)18)1-4-19-5-2-13/h10,14H,1-9H2,(H,15,16)(H,17,18). The molecule has 2 fully saturated rings. The minimum absolute atomic E-state index is 0.126. The van der Waals surface area contributed by atoms with Crippen LogP contribution in [0.15, 0.2) is 0 Å². The lowest BCUT2D eigenvalue weighted by Gasteiger charge is -2.33. The Morgan fingerprint density at radius 1 is 1.30 bits per heavy atom. The van der Waals surface area contributed by atoms with E-state index in [2.05, 4.69) is 10.6 Å². The summed E-state index contributed by atoms with van der Waals surface area (Å²) in [6.45, 7) is 3.08. The van der Waals surface area contributed by atoms with Crippen LogP contribution in [-0.2, 0) is 19.1 Å².